The van der Waals surface area contributed by atoms with E-state index >= 15 is 0 Å². The van der Waals surface area contributed by atoms with Crippen LogP contribution in [-0.2, 0) is 7.05 Å². The second-order valence-corrected chi connectivity index (χ2v) is 5.33. The minimum absolute atomic E-state index is 0.722. The third-order valence-corrected chi connectivity index (χ3v) is 3.88. The van der Waals surface area contributed by atoms with Gasteiger partial charge in [-0.05, 0) is 39.2 Å². The Kier molecular flexibility index (Phi) is 4.64. The first-order valence-corrected chi connectivity index (χ1v) is 7.02. The Morgan fingerprint density at radius 1 is 1.33 bits per heavy atom. The zero-order chi connectivity index (χ0) is 13.0. The molecule has 1 N–H and O–H groups in total. The number of aryl methyl sites for hydroxylation is 2. The molecule has 0 unspecified atom stereocenters. The molecule has 0 bridgehead atoms. The van der Waals surface area contributed by atoms with E-state index in [0.29, 0.717) is 0 Å². The molecule has 0 spiro atoms. The highest BCUT2D eigenvalue weighted by atomic mass is 16.5. The van der Waals surface area contributed by atoms with Gasteiger partial charge in [0, 0.05) is 13.6 Å². The van der Waals surface area contributed by atoms with Gasteiger partial charge in [0.25, 0.3) is 0 Å². The summed E-state index contributed by atoms with van der Waals surface area (Å²) in [6.45, 7) is 6.83. The van der Waals surface area contributed by atoms with Crippen LogP contribution < -0.4 is 10.1 Å². The van der Waals surface area contributed by atoms with E-state index in [4.69, 9.17) is 4.74 Å². The fourth-order valence-corrected chi connectivity index (χ4v) is 2.71. The lowest BCUT2D eigenvalue weighted by atomic mass is 10.1. The highest BCUT2D eigenvalue weighted by Crippen LogP contribution is 2.23. The predicted octanol–water partition coefficient (Wildman–Crippen LogP) is 2.20. The summed E-state index contributed by atoms with van der Waals surface area (Å²) < 4.78 is 7.68. The number of hydrogen-bond acceptors (Lipinski definition) is 3. The second-order valence-electron chi connectivity index (χ2n) is 5.33. The zero-order valence-electron chi connectivity index (χ0n) is 11.8. The lowest BCUT2D eigenvalue weighted by molar-refractivity contribution is 0.305. The van der Waals surface area contributed by atoms with Crippen LogP contribution in [0.25, 0.3) is 0 Å². The Morgan fingerprint density at radius 3 is 2.67 bits per heavy atom. The first-order valence-electron chi connectivity index (χ1n) is 7.02. The molecule has 1 aliphatic carbocycles. The number of hydrogen-bond donors (Lipinski definition) is 1. The monoisotopic (exact) mass is 251 g/mol. The van der Waals surface area contributed by atoms with Crippen molar-refractivity contribution < 1.29 is 4.74 Å². The Morgan fingerprint density at radius 2 is 2.06 bits per heavy atom. The van der Waals surface area contributed by atoms with Gasteiger partial charge in [-0.25, -0.2) is 0 Å². The van der Waals surface area contributed by atoms with E-state index < -0.39 is 0 Å². The van der Waals surface area contributed by atoms with Gasteiger partial charge in [-0.2, -0.15) is 5.10 Å². The lowest BCUT2D eigenvalue weighted by Gasteiger charge is -2.11. The summed E-state index contributed by atoms with van der Waals surface area (Å²) in [7, 11) is 1.95. The second kappa shape index (κ2) is 6.23. The van der Waals surface area contributed by atoms with Crippen LogP contribution in [0.15, 0.2) is 0 Å². The van der Waals surface area contributed by atoms with E-state index in [9.17, 15) is 0 Å². The Hall–Kier alpha value is -1.03. The minimum Gasteiger partial charge on any atom is -0.488 e. The van der Waals surface area contributed by atoms with Gasteiger partial charge in [-0.15, -0.1) is 0 Å². The lowest BCUT2D eigenvalue weighted by Crippen LogP contribution is -2.26. The van der Waals surface area contributed by atoms with E-state index in [1.54, 1.807) is 0 Å². The molecule has 4 nitrogen and oxygen atoms in total. The van der Waals surface area contributed by atoms with Crippen LogP contribution in [0.5, 0.6) is 5.75 Å². The molecule has 0 aliphatic heterocycles. The van der Waals surface area contributed by atoms with E-state index in [2.05, 4.69) is 10.4 Å². The number of nitrogens with one attached hydrogen (secondary N) is 1. The maximum atomic E-state index is 5.81. The van der Waals surface area contributed by atoms with Crippen molar-refractivity contribution in [3.05, 3.63) is 11.4 Å². The van der Waals surface area contributed by atoms with E-state index in [1.165, 1.54) is 25.7 Å². The van der Waals surface area contributed by atoms with Crippen LogP contribution in [0.3, 0.4) is 0 Å². The van der Waals surface area contributed by atoms with Gasteiger partial charge in [0.2, 0.25) is 0 Å². The summed E-state index contributed by atoms with van der Waals surface area (Å²) in [4.78, 5) is 0. The molecule has 0 aromatic carbocycles. The molecule has 18 heavy (non-hydrogen) atoms. The SMILES string of the molecule is Cc1nn(C)c(C)c1OCCNCC1CCCC1. The van der Waals surface area contributed by atoms with Crippen molar-refractivity contribution in [2.24, 2.45) is 13.0 Å². The quantitative estimate of drug-likeness (QED) is 0.788. The molecule has 1 fully saturated rings. The van der Waals surface area contributed by atoms with Crippen molar-refractivity contribution >= 4 is 0 Å². The number of aromatic nitrogens is 2. The highest BCUT2D eigenvalue weighted by Gasteiger charge is 2.14. The normalized spacial score (nSPS) is 16.4. The van der Waals surface area contributed by atoms with Crippen LogP contribution in [0, 0.1) is 19.8 Å². The largest absolute Gasteiger partial charge is 0.488 e. The summed E-state index contributed by atoms with van der Waals surface area (Å²) in [5, 5.41) is 7.83. The van der Waals surface area contributed by atoms with Crippen LogP contribution in [0.2, 0.25) is 0 Å². The van der Waals surface area contributed by atoms with Crippen LogP contribution in [0.4, 0.5) is 0 Å². The van der Waals surface area contributed by atoms with Gasteiger partial charge in [0.15, 0.2) is 5.75 Å². The number of ether oxygens (including phenoxy) is 1. The van der Waals surface area contributed by atoms with Crippen molar-refractivity contribution in [2.75, 3.05) is 19.7 Å². The van der Waals surface area contributed by atoms with E-state index in [-0.39, 0.29) is 0 Å². The summed E-state index contributed by atoms with van der Waals surface area (Å²) in [6.07, 6.45) is 5.62. The van der Waals surface area contributed by atoms with Crippen LogP contribution in [-0.4, -0.2) is 29.5 Å². The minimum atomic E-state index is 0.722. The summed E-state index contributed by atoms with van der Waals surface area (Å²) in [5.74, 6) is 1.84. The molecule has 2 rings (SSSR count). The number of nitrogens with zero attached hydrogens (tertiary/aromatic N) is 2. The maximum absolute atomic E-state index is 5.81. The average molecular weight is 251 g/mol. The van der Waals surface area contributed by atoms with Gasteiger partial charge in [0.1, 0.15) is 12.3 Å². The molecule has 1 heterocycles. The first kappa shape index (κ1) is 13.4. The highest BCUT2D eigenvalue weighted by molar-refractivity contribution is 5.31. The van der Waals surface area contributed by atoms with Crippen LogP contribution in [0.1, 0.15) is 37.1 Å². The molecule has 0 amide bonds. The summed E-state index contributed by atoms with van der Waals surface area (Å²) in [5.41, 5.74) is 2.08. The van der Waals surface area contributed by atoms with Crippen LogP contribution >= 0.6 is 0 Å². The Balaban J connectivity index is 1.65. The zero-order valence-corrected chi connectivity index (χ0v) is 11.8. The van der Waals surface area contributed by atoms with Gasteiger partial charge in [0.05, 0.1) is 5.69 Å². The molecule has 0 radical (unpaired) electrons. The standard InChI is InChI=1S/C14H25N3O/c1-11-14(12(2)17(3)16-11)18-9-8-15-10-13-6-4-5-7-13/h13,15H,4-10H2,1-3H3. The maximum Gasteiger partial charge on any atom is 0.163 e. The smallest absolute Gasteiger partial charge is 0.163 e. The molecular formula is C14H25N3O. The molecular weight excluding hydrogens is 226 g/mol. The van der Waals surface area contributed by atoms with E-state index in [0.717, 1.165) is 42.8 Å². The Labute approximate surface area is 110 Å². The molecule has 1 aromatic rings. The third kappa shape index (κ3) is 3.25. The Bertz CT molecular complexity index is 381. The van der Waals surface area contributed by atoms with Gasteiger partial charge in [-0.1, -0.05) is 12.8 Å². The molecule has 1 aliphatic rings. The van der Waals surface area contributed by atoms with Crippen molar-refractivity contribution in [1.82, 2.24) is 15.1 Å². The molecule has 102 valence electrons. The molecule has 4 heteroatoms. The van der Waals surface area contributed by atoms with Crippen molar-refractivity contribution in [3.8, 4) is 5.75 Å². The van der Waals surface area contributed by atoms with Gasteiger partial charge in [-0.3, -0.25) is 4.68 Å². The summed E-state index contributed by atoms with van der Waals surface area (Å²) >= 11 is 0. The molecule has 1 saturated carbocycles. The van der Waals surface area contributed by atoms with Crippen molar-refractivity contribution in [2.45, 2.75) is 39.5 Å². The van der Waals surface area contributed by atoms with E-state index in [1.807, 2.05) is 25.6 Å². The van der Waals surface area contributed by atoms with Crippen molar-refractivity contribution in [3.63, 3.8) is 0 Å². The first-order chi connectivity index (χ1) is 8.68. The fraction of sp³-hybridized carbons (Fsp3) is 0.786. The molecule has 1 aromatic heterocycles. The summed E-state index contributed by atoms with van der Waals surface area (Å²) in [6, 6.07) is 0. The predicted molar refractivity (Wildman–Crippen MR) is 73.0 cm³/mol. The molecule has 0 atom stereocenters. The number of rotatable bonds is 6. The van der Waals surface area contributed by atoms with Gasteiger partial charge >= 0.3 is 0 Å². The average Bonchev–Trinajstić information content (AvgIpc) is 2.92. The van der Waals surface area contributed by atoms with Crippen molar-refractivity contribution in [1.29, 1.82) is 0 Å². The van der Waals surface area contributed by atoms with Gasteiger partial charge < -0.3 is 10.1 Å². The third-order valence-electron chi connectivity index (χ3n) is 3.88. The molecule has 0 saturated heterocycles. The fourth-order valence-electron chi connectivity index (χ4n) is 2.71. The topological polar surface area (TPSA) is 39.1 Å².